The molecule has 2 fully saturated rings. The maximum absolute atomic E-state index is 9.14. The van der Waals surface area contributed by atoms with E-state index in [1.54, 1.807) is 0 Å². The van der Waals surface area contributed by atoms with Crippen molar-refractivity contribution in [1.29, 1.82) is 0 Å². The van der Waals surface area contributed by atoms with Crippen molar-refractivity contribution in [1.82, 2.24) is 4.90 Å². The van der Waals surface area contributed by atoms with Gasteiger partial charge in [-0.1, -0.05) is 42.0 Å². The minimum absolute atomic E-state index is 0.391. The molecule has 1 heterocycles. The van der Waals surface area contributed by atoms with Crippen LogP contribution in [0.2, 0.25) is 0 Å². The molecule has 1 aromatic rings. The Bertz CT molecular complexity index is 428. The molecule has 2 nitrogen and oxygen atoms in total. The number of benzene rings is 1. The molecule has 0 amide bonds. The SMILES string of the molecule is CC(=Cc1ccccc1)CN1C[C@@H]2C(CO)[C@@H]2C1. The fourth-order valence-corrected chi connectivity index (χ4v) is 3.37. The molecule has 3 rings (SSSR count). The van der Waals surface area contributed by atoms with Crippen LogP contribution in [-0.2, 0) is 0 Å². The molecule has 2 aliphatic rings. The van der Waals surface area contributed by atoms with E-state index in [1.165, 1.54) is 24.2 Å². The summed E-state index contributed by atoms with van der Waals surface area (Å²) in [6.07, 6.45) is 2.27. The first-order valence-electron chi connectivity index (χ1n) is 6.83. The second-order valence-corrected chi connectivity index (χ2v) is 5.77. The molecule has 18 heavy (non-hydrogen) atoms. The summed E-state index contributed by atoms with van der Waals surface area (Å²) in [5.74, 6) is 2.17. The topological polar surface area (TPSA) is 23.5 Å². The number of piperidine rings is 1. The fraction of sp³-hybridized carbons (Fsp3) is 0.500. The third-order valence-electron chi connectivity index (χ3n) is 4.34. The van der Waals surface area contributed by atoms with E-state index in [1.807, 2.05) is 0 Å². The van der Waals surface area contributed by atoms with Crippen LogP contribution < -0.4 is 0 Å². The van der Waals surface area contributed by atoms with Gasteiger partial charge in [-0.15, -0.1) is 0 Å². The van der Waals surface area contributed by atoms with Crippen LogP contribution in [0.3, 0.4) is 0 Å². The predicted octanol–water partition coefficient (Wildman–Crippen LogP) is 2.26. The highest BCUT2D eigenvalue weighted by Crippen LogP contribution is 2.51. The van der Waals surface area contributed by atoms with Gasteiger partial charge in [0.25, 0.3) is 0 Å². The fourth-order valence-electron chi connectivity index (χ4n) is 3.37. The standard InChI is InChI=1S/C16H21NO/c1-12(7-13-5-3-2-4-6-13)8-17-9-14-15(10-17)16(14)11-18/h2-7,14-16,18H,8-11H2,1H3/t14-,15+,16?. The van der Waals surface area contributed by atoms with Crippen molar-refractivity contribution in [2.75, 3.05) is 26.2 Å². The van der Waals surface area contributed by atoms with Crippen molar-refractivity contribution in [3.63, 3.8) is 0 Å². The number of aliphatic hydroxyl groups is 1. The Morgan fingerprint density at radius 3 is 2.56 bits per heavy atom. The van der Waals surface area contributed by atoms with Crippen LogP contribution in [0, 0.1) is 17.8 Å². The first kappa shape index (κ1) is 11.9. The quantitative estimate of drug-likeness (QED) is 0.877. The summed E-state index contributed by atoms with van der Waals surface area (Å²) in [6.45, 7) is 6.02. The highest BCUT2D eigenvalue weighted by molar-refractivity contribution is 5.52. The molecule has 1 aliphatic carbocycles. The van der Waals surface area contributed by atoms with Gasteiger partial charge in [0.05, 0.1) is 0 Å². The number of aliphatic hydroxyl groups excluding tert-OH is 1. The molecule has 0 spiro atoms. The third-order valence-corrected chi connectivity index (χ3v) is 4.34. The zero-order valence-corrected chi connectivity index (χ0v) is 10.9. The van der Waals surface area contributed by atoms with Crippen molar-refractivity contribution in [3.8, 4) is 0 Å². The second-order valence-electron chi connectivity index (χ2n) is 5.77. The number of fused-ring (bicyclic) bond motifs is 1. The van der Waals surface area contributed by atoms with Gasteiger partial charge in [0.1, 0.15) is 0 Å². The van der Waals surface area contributed by atoms with Gasteiger partial charge in [-0.3, -0.25) is 4.90 Å². The first-order chi connectivity index (χ1) is 8.78. The molecule has 96 valence electrons. The van der Waals surface area contributed by atoms with Crippen LogP contribution in [0.25, 0.3) is 6.08 Å². The summed E-state index contributed by atoms with van der Waals surface area (Å²) in [4.78, 5) is 2.52. The molecule has 0 aromatic heterocycles. The maximum Gasteiger partial charge on any atom is 0.0465 e. The summed E-state index contributed by atoms with van der Waals surface area (Å²) in [6, 6.07) is 10.5. The summed E-state index contributed by atoms with van der Waals surface area (Å²) >= 11 is 0. The second kappa shape index (κ2) is 4.87. The average molecular weight is 243 g/mol. The molecule has 1 aromatic carbocycles. The van der Waals surface area contributed by atoms with Gasteiger partial charge < -0.3 is 5.11 Å². The van der Waals surface area contributed by atoms with Crippen LogP contribution in [0.1, 0.15) is 12.5 Å². The highest BCUT2D eigenvalue weighted by atomic mass is 16.3. The lowest BCUT2D eigenvalue weighted by atomic mass is 10.1. The van der Waals surface area contributed by atoms with Gasteiger partial charge in [0.15, 0.2) is 0 Å². The maximum atomic E-state index is 9.14. The van der Waals surface area contributed by atoms with E-state index in [2.05, 4.69) is 48.2 Å². The van der Waals surface area contributed by atoms with E-state index < -0.39 is 0 Å². The highest BCUT2D eigenvalue weighted by Gasteiger charge is 2.54. The molecule has 0 radical (unpaired) electrons. The number of nitrogens with zero attached hydrogens (tertiary/aromatic N) is 1. The third kappa shape index (κ3) is 2.36. The largest absolute Gasteiger partial charge is 0.396 e. The number of rotatable bonds is 4. The normalized spacial score (nSPS) is 31.4. The van der Waals surface area contributed by atoms with Crippen molar-refractivity contribution < 1.29 is 5.11 Å². The summed E-state index contributed by atoms with van der Waals surface area (Å²) in [5, 5.41) is 9.14. The smallest absolute Gasteiger partial charge is 0.0465 e. The predicted molar refractivity (Wildman–Crippen MR) is 74.1 cm³/mol. The first-order valence-corrected chi connectivity index (χ1v) is 6.83. The Labute approximate surface area is 109 Å². The van der Waals surface area contributed by atoms with E-state index in [4.69, 9.17) is 5.11 Å². The van der Waals surface area contributed by atoms with Gasteiger partial charge in [-0.2, -0.15) is 0 Å². The van der Waals surface area contributed by atoms with E-state index in [-0.39, 0.29) is 0 Å². The lowest BCUT2D eigenvalue weighted by Gasteiger charge is -2.19. The number of hydrogen-bond donors (Lipinski definition) is 1. The van der Waals surface area contributed by atoms with Crippen molar-refractivity contribution >= 4 is 6.08 Å². The minimum atomic E-state index is 0.391. The van der Waals surface area contributed by atoms with Gasteiger partial charge in [0.2, 0.25) is 0 Å². The number of hydrogen-bond acceptors (Lipinski definition) is 2. The Morgan fingerprint density at radius 2 is 1.94 bits per heavy atom. The summed E-state index contributed by atoms with van der Waals surface area (Å²) < 4.78 is 0. The molecule has 3 atom stereocenters. The van der Waals surface area contributed by atoms with Gasteiger partial charge in [-0.25, -0.2) is 0 Å². The zero-order chi connectivity index (χ0) is 12.5. The molecule has 2 heteroatoms. The van der Waals surface area contributed by atoms with E-state index in [9.17, 15) is 0 Å². The Hall–Kier alpha value is -1.12. The van der Waals surface area contributed by atoms with Gasteiger partial charge >= 0.3 is 0 Å². The lowest BCUT2D eigenvalue weighted by molar-refractivity contribution is 0.227. The van der Waals surface area contributed by atoms with Crippen LogP contribution in [-0.4, -0.2) is 36.2 Å². The van der Waals surface area contributed by atoms with Crippen LogP contribution >= 0.6 is 0 Å². The Morgan fingerprint density at radius 1 is 1.28 bits per heavy atom. The lowest BCUT2D eigenvalue weighted by Crippen LogP contribution is -2.26. The van der Waals surface area contributed by atoms with Crippen molar-refractivity contribution in [2.45, 2.75) is 6.92 Å². The molecule has 1 N–H and O–H groups in total. The monoisotopic (exact) mass is 243 g/mol. The van der Waals surface area contributed by atoms with E-state index >= 15 is 0 Å². The summed E-state index contributed by atoms with van der Waals surface area (Å²) in [5.41, 5.74) is 2.70. The molecule has 1 saturated carbocycles. The summed E-state index contributed by atoms with van der Waals surface area (Å²) in [7, 11) is 0. The molecular weight excluding hydrogens is 222 g/mol. The molecular formula is C16H21NO. The van der Waals surface area contributed by atoms with Crippen LogP contribution in [0.5, 0.6) is 0 Å². The zero-order valence-electron chi connectivity index (χ0n) is 10.9. The molecule has 1 saturated heterocycles. The van der Waals surface area contributed by atoms with Gasteiger partial charge in [-0.05, 0) is 30.2 Å². The molecule has 1 unspecified atom stereocenters. The minimum Gasteiger partial charge on any atom is -0.396 e. The van der Waals surface area contributed by atoms with Crippen molar-refractivity contribution in [3.05, 3.63) is 41.5 Å². The molecule has 0 bridgehead atoms. The Kier molecular flexibility index (Phi) is 3.23. The van der Waals surface area contributed by atoms with Gasteiger partial charge in [0, 0.05) is 26.2 Å². The Balaban J connectivity index is 1.54. The van der Waals surface area contributed by atoms with Crippen LogP contribution in [0.4, 0.5) is 0 Å². The average Bonchev–Trinajstić information content (AvgIpc) is 2.85. The van der Waals surface area contributed by atoms with Crippen LogP contribution in [0.15, 0.2) is 35.9 Å². The number of likely N-dealkylation sites (tertiary alicyclic amines) is 1. The van der Waals surface area contributed by atoms with E-state index in [0.717, 1.165) is 18.4 Å². The molecule has 1 aliphatic heterocycles. The van der Waals surface area contributed by atoms with Crippen molar-refractivity contribution in [2.24, 2.45) is 17.8 Å². The van der Waals surface area contributed by atoms with E-state index in [0.29, 0.717) is 12.5 Å².